The van der Waals surface area contributed by atoms with Gasteiger partial charge in [-0.3, -0.25) is 0 Å². The molecule has 0 saturated carbocycles. The summed E-state index contributed by atoms with van der Waals surface area (Å²) < 4.78 is 29.5. The molecule has 13 heavy (non-hydrogen) atoms. The normalized spacial score (nSPS) is 10.6. The van der Waals surface area contributed by atoms with Crippen LogP contribution in [0.3, 0.4) is 0 Å². The first-order chi connectivity index (χ1) is 6.00. The van der Waals surface area contributed by atoms with Gasteiger partial charge >= 0.3 is 6.61 Å². The molecule has 1 rings (SSSR count). The van der Waals surface area contributed by atoms with Crippen molar-refractivity contribution in [3.05, 3.63) is 26.6 Å². The molecule has 0 amide bonds. The van der Waals surface area contributed by atoms with Crippen LogP contribution in [0.5, 0.6) is 5.75 Å². The van der Waals surface area contributed by atoms with Crippen LogP contribution >= 0.6 is 31.9 Å². The van der Waals surface area contributed by atoms with E-state index < -0.39 is 6.61 Å². The van der Waals surface area contributed by atoms with Gasteiger partial charge in [0.15, 0.2) is 0 Å². The van der Waals surface area contributed by atoms with Gasteiger partial charge in [-0.1, -0.05) is 15.9 Å². The lowest BCUT2D eigenvalue weighted by Crippen LogP contribution is -2.03. The van der Waals surface area contributed by atoms with Crippen molar-refractivity contribution in [2.45, 2.75) is 13.5 Å². The SMILES string of the molecule is Cc1cc(Br)cc(Br)c1OC(F)F. The highest BCUT2D eigenvalue weighted by Crippen LogP contribution is 2.33. The van der Waals surface area contributed by atoms with Gasteiger partial charge in [0, 0.05) is 4.47 Å². The van der Waals surface area contributed by atoms with Gasteiger partial charge < -0.3 is 4.74 Å². The van der Waals surface area contributed by atoms with Crippen molar-refractivity contribution in [3.63, 3.8) is 0 Å². The van der Waals surface area contributed by atoms with Crippen molar-refractivity contribution in [1.82, 2.24) is 0 Å². The van der Waals surface area contributed by atoms with Gasteiger partial charge in [-0.15, -0.1) is 0 Å². The van der Waals surface area contributed by atoms with Crippen LogP contribution in [0.1, 0.15) is 5.56 Å². The zero-order valence-electron chi connectivity index (χ0n) is 6.65. The molecule has 0 bridgehead atoms. The average molecular weight is 316 g/mol. The zero-order chi connectivity index (χ0) is 10.0. The standard InChI is InChI=1S/C8H6Br2F2O/c1-4-2-5(9)3-6(10)7(4)13-8(11)12/h2-3,8H,1H3. The Balaban J connectivity index is 3.06. The maximum Gasteiger partial charge on any atom is 0.387 e. The lowest BCUT2D eigenvalue weighted by Gasteiger charge is -2.10. The van der Waals surface area contributed by atoms with Gasteiger partial charge in [-0.05, 0) is 40.5 Å². The molecule has 0 saturated heterocycles. The van der Waals surface area contributed by atoms with Gasteiger partial charge in [0.1, 0.15) is 5.75 Å². The second-order valence-corrected chi connectivity index (χ2v) is 4.18. The van der Waals surface area contributed by atoms with E-state index in [0.29, 0.717) is 10.0 Å². The fraction of sp³-hybridized carbons (Fsp3) is 0.250. The fourth-order valence-corrected chi connectivity index (χ4v) is 2.46. The van der Waals surface area contributed by atoms with E-state index in [2.05, 4.69) is 36.6 Å². The molecule has 0 fully saturated rings. The third kappa shape index (κ3) is 2.91. The third-order valence-corrected chi connectivity index (χ3v) is 2.45. The van der Waals surface area contributed by atoms with Crippen molar-refractivity contribution in [2.24, 2.45) is 0 Å². The Morgan fingerprint density at radius 1 is 1.31 bits per heavy atom. The van der Waals surface area contributed by atoms with Crippen molar-refractivity contribution >= 4 is 31.9 Å². The van der Waals surface area contributed by atoms with E-state index in [0.717, 1.165) is 4.47 Å². The summed E-state index contributed by atoms with van der Waals surface area (Å²) in [6, 6.07) is 3.37. The number of benzene rings is 1. The van der Waals surface area contributed by atoms with E-state index in [1.54, 1.807) is 19.1 Å². The summed E-state index contributed by atoms with van der Waals surface area (Å²) in [5.74, 6) is 0.179. The van der Waals surface area contributed by atoms with Crippen LogP contribution in [0, 0.1) is 6.92 Å². The fourth-order valence-electron chi connectivity index (χ4n) is 0.927. The Morgan fingerprint density at radius 2 is 1.92 bits per heavy atom. The summed E-state index contributed by atoms with van der Waals surface area (Å²) in [6.07, 6.45) is 0. The minimum absolute atomic E-state index is 0.179. The summed E-state index contributed by atoms with van der Waals surface area (Å²) in [7, 11) is 0. The molecule has 0 heterocycles. The third-order valence-electron chi connectivity index (χ3n) is 1.40. The molecule has 0 aromatic heterocycles. The minimum atomic E-state index is -2.80. The highest BCUT2D eigenvalue weighted by molar-refractivity contribution is 9.11. The molecular formula is C8H6Br2F2O. The van der Waals surface area contributed by atoms with Crippen molar-refractivity contribution in [2.75, 3.05) is 0 Å². The lowest BCUT2D eigenvalue weighted by atomic mass is 10.2. The number of hydrogen-bond donors (Lipinski definition) is 0. The summed E-state index contributed by atoms with van der Waals surface area (Å²) >= 11 is 6.38. The Morgan fingerprint density at radius 3 is 2.38 bits per heavy atom. The number of aryl methyl sites for hydroxylation is 1. The molecule has 0 radical (unpaired) electrons. The van der Waals surface area contributed by atoms with E-state index in [-0.39, 0.29) is 5.75 Å². The first-order valence-electron chi connectivity index (χ1n) is 3.41. The second kappa shape index (κ2) is 4.37. The zero-order valence-corrected chi connectivity index (χ0v) is 9.82. The van der Waals surface area contributed by atoms with Gasteiger partial charge in [-0.25, -0.2) is 0 Å². The van der Waals surface area contributed by atoms with Gasteiger partial charge in [0.25, 0.3) is 0 Å². The van der Waals surface area contributed by atoms with Crippen LogP contribution in [0.15, 0.2) is 21.1 Å². The minimum Gasteiger partial charge on any atom is -0.433 e. The highest BCUT2D eigenvalue weighted by atomic mass is 79.9. The molecule has 0 aliphatic carbocycles. The smallest absolute Gasteiger partial charge is 0.387 e. The highest BCUT2D eigenvalue weighted by Gasteiger charge is 2.11. The van der Waals surface area contributed by atoms with E-state index in [1.807, 2.05) is 0 Å². The molecule has 0 N–H and O–H groups in total. The largest absolute Gasteiger partial charge is 0.433 e. The Hall–Kier alpha value is -0.160. The molecule has 72 valence electrons. The summed E-state index contributed by atoms with van der Waals surface area (Å²) in [6.45, 7) is -1.09. The molecule has 1 aromatic carbocycles. The predicted octanol–water partition coefficient (Wildman–Crippen LogP) is 4.12. The number of ether oxygens (including phenoxy) is 1. The molecular weight excluding hydrogens is 310 g/mol. The number of hydrogen-bond acceptors (Lipinski definition) is 1. The molecule has 0 unspecified atom stereocenters. The van der Waals surface area contributed by atoms with Crippen molar-refractivity contribution in [3.8, 4) is 5.75 Å². The number of rotatable bonds is 2. The van der Waals surface area contributed by atoms with Crippen molar-refractivity contribution in [1.29, 1.82) is 0 Å². The Kier molecular flexibility index (Phi) is 3.67. The Labute approximate surface area is 91.3 Å². The maximum absolute atomic E-state index is 11.9. The van der Waals surface area contributed by atoms with Gasteiger partial charge in [0.05, 0.1) is 4.47 Å². The van der Waals surface area contributed by atoms with Gasteiger partial charge in [-0.2, -0.15) is 8.78 Å². The van der Waals surface area contributed by atoms with Crippen LogP contribution in [0.2, 0.25) is 0 Å². The first-order valence-corrected chi connectivity index (χ1v) is 4.99. The van der Waals surface area contributed by atoms with Gasteiger partial charge in [0.2, 0.25) is 0 Å². The van der Waals surface area contributed by atoms with E-state index >= 15 is 0 Å². The number of halogens is 4. The maximum atomic E-state index is 11.9. The average Bonchev–Trinajstić information content (AvgIpc) is 1.96. The summed E-state index contributed by atoms with van der Waals surface area (Å²) in [5, 5.41) is 0. The van der Waals surface area contributed by atoms with Crippen LogP contribution in [-0.4, -0.2) is 6.61 Å². The quantitative estimate of drug-likeness (QED) is 0.797. The van der Waals surface area contributed by atoms with Crippen LogP contribution in [0.25, 0.3) is 0 Å². The van der Waals surface area contributed by atoms with Crippen LogP contribution in [0.4, 0.5) is 8.78 Å². The first kappa shape index (κ1) is 10.9. The van der Waals surface area contributed by atoms with Crippen LogP contribution in [-0.2, 0) is 0 Å². The molecule has 1 aromatic rings. The molecule has 5 heteroatoms. The van der Waals surface area contributed by atoms with E-state index in [9.17, 15) is 8.78 Å². The topological polar surface area (TPSA) is 9.23 Å². The molecule has 0 aliphatic heterocycles. The number of alkyl halides is 2. The van der Waals surface area contributed by atoms with E-state index in [1.165, 1.54) is 0 Å². The Bertz CT molecular complexity index is 292. The summed E-state index contributed by atoms with van der Waals surface area (Å²) in [5.41, 5.74) is 0.654. The molecule has 0 aliphatic rings. The molecule has 0 atom stereocenters. The lowest BCUT2D eigenvalue weighted by molar-refractivity contribution is -0.0508. The predicted molar refractivity (Wildman–Crippen MR) is 53.2 cm³/mol. The van der Waals surface area contributed by atoms with Crippen molar-refractivity contribution < 1.29 is 13.5 Å². The molecule has 1 nitrogen and oxygen atoms in total. The van der Waals surface area contributed by atoms with E-state index in [4.69, 9.17) is 0 Å². The van der Waals surface area contributed by atoms with Crippen LogP contribution < -0.4 is 4.74 Å². The summed E-state index contributed by atoms with van der Waals surface area (Å²) in [4.78, 5) is 0. The second-order valence-electron chi connectivity index (χ2n) is 2.41. The monoisotopic (exact) mass is 314 g/mol. The molecule has 0 spiro atoms.